The average Bonchev–Trinajstić information content (AvgIpc) is 1.86. The Morgan fingerprint density at radius 3 is 2.83 bits per heavy atom. The minimum atomic E-state index is 0.510. The second-order valence-electron chi connectivity index (χ2n) is 1.05. The first-order valence-electron chi connectivity index (χ1n) is 1.65. The van der Waals surface area contributed by atoms with Crippen molar-refractivity contribution in [3.05, 3.63) is 9.22 Å². The number of rotatable bonds is 0. The van der Waals surface area contributed by atoms with E-state index in [2.05, 4.69) is 11.8 Å². The van der Waals surface area contributed by atoms with Crippen molar-refractivity contribution in [2.45, 2.75) is 6.92 Å². The summed E-state index contributed by atoms with van der Waals surface area (Å²) in [5, 5.41) is 0. The van der Waals surface area contributed by atoms with Crippen molar-refractivity contribution >= 4 is 37.9 Å². The van der Waals surface area contributed by atoms with Gasteiger partial charge in [-0.15, -0.1) is 0 Å². The van der Waals surface area contributed by atoms with Crippen LogP contribution in [0.2, 0.25) is 0 Å². The van der Waals surface area contributed by atoms with Gasteiger partial charge in [0.05, 0.1) is 0 Å². The zero-order chi connectivity index (χ0) is 4.41. The van der Waals surface area contributed by atoms with Gasteiger partial charge in [0.25, 0.3) is 0 Å². The van der Waals surface area contributed by atoms with Gasteiger partial charge in [0.1, 0.15) is 0 Å². The molecule has 0 aromatic rings. The molecule has 1 aliphatic heterocycles. The first kappa shape index (κ1) is 5.55. The first-order valence-corrected chi connectivity index (χ1v) is 14.6. The Balaban J connectivity index is 2.61. The molecule has 0 fully saturated rings. The summed E-state index contributed by atoms with van der Waals surface area (Å²) >= 11 is 2.08. The van der Waals surface area contributed by atoms with Gasteiger partial charge < -0.3 is 0 Å². The molecule has 3 heteroatoms. The predicted octanol–water partition coefficient (Wildman–Crippen LogP) is -0.661. The van der Waals surface area contributed by atoms with Crippen molar-refractivity contribution < 1.29 is 0 Å². The fraction of sp³-hybridized carbons (Fsp3) is 0.333. The van der Waals surface area contributed by atoms with Crippen molar-refractivity contribution in [2.75, 3.05) is 0 Å². The van der Waals surface area contributed by atoms with Gasteiger partial charge in [-0.3, -0.25) is 0 Å². The molecule has 1 atom stereocenters. The molecule has 0 spiro atoms. The molecule has 0 aromatic heterocycles. The van der Waals surface area contributed by atoms with Crippen LogP contribution >= 0.6 is 0 Å². The zero-order valence-corrected chi connectivity index (χ0v) is 9.25. The molecule has 0 aliphatic carbocycles. The van der Waals surface area contributed by atoms with Crippen LogP contribution in [-0.2, 0) is 0 Å². The normalized spacial score (nSPS) is 27.8. The van der Waals surface area contributed by atoms with Crippen LogP contribution in [0.25, 0.3) is 0 Å². The van der Waals surface area contributed by atoms with E-state index in [1.165, 1.54) is 0 Å². The molecule has 1 heterocycles. The minimum absolute atomic E-state index is 0.510. The first-order chi connectivity index (χ1) is 2.89. The molecule has 1 radical (unpaired) electrons. The predicted molar refractivity (Wildman–Crippen MR) is 31.1 cm³/mol. The molecule has 0 nitrogen and oxygen atoms in total. The molecule has 0 saturated carbocycles. The third kappa shape index (κ3) is 1.49. The van der Waals surface area contributed by atoms with Gasteiger partial charge in [0.2, 0.25) is 0 Å². The SMILES string of the molecule is CC1=[C][As]=[As][AsH]1. The molecular weight excluding hydrogens is 261 g/mol. The van der Waals surface area contributed by atoms with Gasteiger partial charge in [-0.1, -0.05) is 0 Å². The van der Waals surface area contributed by atoms with Gasteiger partial charge in [-0.2, -0.15) is 0 Å². The van der Waals surface area contributed by atoms with Crippen LogP contribution in [0.1, 0.15) is 6.92 Å². The van der Waals surface area contributed by atoms with Crippen LogP contribution in [0.15, 0.2) is 4.36 Å². The van der Waals surface area contributed by atoms with Crippen molar-refractivity contribution in [2.24, 2.45) is 0 Å². The summed E-state index contributed by atoms with van der Waals surface area (Å²) in [5.74, 6) is 0. The van der Waals surface area contributed by atoms with Crippen LogP contribution in [0.3, 0.4) is 0 Å². The van der Waals surface area contributed by atoms with Gasteiger partial charge in [0, 0.05) is 0 Å². The Morgan fingerprint density at radius 2 is 2.67 bits per heavy atom. The van der Waals surface area contributed by atoms with Gasteiger partial charge in [-0.05, 0) is 0 Å². The quantitative estimate of drug-likeness (QED) is 0.510. The summed E-state index contributed by atoms with van der Waals surface area (Å²) in [6.45, 7) is 2.25. The standard InChI is InChI=1S/C3H4As3/c1-3-2-4-6-5-3/h5H,1H3. The van der Waals surface area contributed by atoms with E-state index in [0.717, 1.165) is 11.1 Å². The molecule has 1 rings (SSSR count). The van der Waals surface area contributed by atoms with E-state index in [4.69, 9.17) is 0 Å². The van der Waals surface area contributed by atoms with Crippen molar-refractivity contribution in [3.8, 4) is 0 Å². The number of hydrogen-bond donors (Lipinski definition) is 0. The maximum absolute atomic E-state index is 3.43. The number of allylic oxidation sites excluding steroid dienone is 1. The van der Waals surface area contributed by atoms with Crippen LogP contribution in [0.4, 0.5) is 0 Å². The molecule has 1 aliphatic rings. The van der Waals surface area contributed by atoms with Gasteiger partial charge in [-0.25, -0.2) is 0 Å². The van der Waals surface area contributed by atoms with E-state index in [1.54, 1.807) is 4.36 Å². The van der Waals surface area contributed by atoms with E-state index in [1.807, 2.05) is 0 Å². The van der Waals surface area contributed by atoms with Crippen molar-refractivity contribution in [1.29, 1.82) is 0 Å². The Morgan fingerprint density at radius 1 is 1.83 bits per heavy atom. The summed E-state index contributed by atoms with van der Waals surface area (Å²) in [6, 6.07) is 0. The van der Waals surface area contributed by atoms with E-state index in [-0.39, 0.29) is 0 Å². The summed E-state index contributed by atoms with van der Waals surface area (Å²) in [7, 11) is 0. The van der Waals surface area contributed by atoms with Crippen molar-refractivity contribution in [3.63, 3.8) is 0 Å². The Kier molecular flexibility index (Phi) is 2.46. The summed E-state index contributed by atoms with van der Waals surface area (Å²) in [5.41, 5.74) is 0. The van der Waals surface area contributed by atoms with Crippen LogP contribution in [0, 0.1) is 4.86 Å². The Bertz CT molecular complexity index is 103. The fourth-order valence-corrected chi connectivity index (χ4v) is 25.9. The Hall–Kier alpha value is 1.42. The monoisotopic (exact) mass is 265 g/mol. The summed E-state index contributed by atoms with van der Waals surface area (Å²) in [6.07, 6.45) is 0. The number of hydrogen-bond acceptors (Lipinski definition) is 0. The van der Waals surface area contributed by atoms with Crippen LogP contribution < -0.4 is 0 Å². The van der Waals surface area contributed by atoms with Crippen LogP contribution in [0.5, 0.6) is 0 Å². The summed E-state index contributed by atoms with van der Waals surface area (Å²) in [4.78, 5) is 3.43. The van der Waals surface area contributed by atoms with Gasteiger partial charge in [0.15, 0.2) is 0 Å². The van der Waals surface area contributed by atoms with E-state index in [0.29, 0.717) is 26.8 Å². The van der Waals surface area contributed by atoms with Crippen LogP contribution in [-0.4, -0.2) is 37.9 Å². The third-order valence-corrected chi connectivity index (χ3v) is 22.0. The molecule has 0 amide bonds. The fourth-order valence-electron chi connectivity index (χ4n) is 0.225. The molecule has 0 bridgehead atoms. The van der Waals surface area contributed by atoms with Gasteiger partial charge >= 0.3 is 54.0 Å². The second-order valence-corrected chi connectivity index (χ2v) is 22.5. The third-order valence-electron chi connectivity index (χ3n) is 0.485. The van der Waals surface area contributed by atoms with E-state index < -0.39 is 0 Å². The van der Waals surface area contributed by atoms with Crippen molar-refractivity contribution in [1.82, 2.24) is 0 Å². The second kappa shape index (κ2) is 2.66. The molecular formula is C3H4As3. The Labute approximate surface area is 53.7 Å². The summed E-state index contributed by atoms with van der Waals surface area (Å²) < 4.78 is 1.66. The molecule has 1 unspecified atom stereocenters. The molecule has 0 aromatic carbocycles. The van der Waals surface area contributed by atoms with E-state index >= 15 is 0 Å². The molecule has 31 valence electrons. The van der Waals surface area contributed by atoms with E-state index in [9.17, 15) is 0 Å². The molecule has 6 heavy (non-hydrogen) atoms. The average molecular weight is 265 g/mol. The molecule has 0 N–H and O–H groups in total. The topological polar surface area (TPSA) is 0 Å². The molecule has 0 saturated heterocycles. The maximum atomic E-state index is 3.43. The zero-order valence-electron chi connectivity index (χ0n) is 3.39.